The van der Waals surface area contributed by atoms with Gasteiger partial charge < -0.3 is 14.4 Å². The molecule has 1 amide bonds. The fraction of sp³-hybridized carbons (Fsp3) is 0.333. The monoisotopic (exact) mass is 443 g/mol. The normalized spacial score (nSPS) is 15.5. The molecular formula is C21H22BrN3O3. The molecule has 6 nitrogen and oxygen atoms in total. The van der Waals surface area contributed by atoms with E-state index in [1.165, 1.54) is 0 Å². The summed E-state index contributed by atoms with van der Waals surface area (Å²) in [5, 5.41) is 9.64. The Bertz CT molecular complexity index is 825. The van der Waals surface area contributed by atoms with Crippen molar-refractivity contribution in [2.75, 3.05) is 39.9 Å². The number of amides is 1. The fourth-order valence-corrected chi connectivity index (χ4v) is 3.41. The molecule has 0 N–H and O–H groups in total. The number of halogens is 1. The number of carbonyl (C=O) groups excluding carboxylic acids is 1. The zero-order chi connectivity index (χ0) is 19.9. The van der Waals surface area contributed by atoms with E-state index in [0.29, 0.717) is 31.9 Å². The summed E-state index contributed by atoms with van der Waals surface area (Å²) in [6, 6.07) is 17.0. The van der Waals surface area contributed by atoms with E-state index in [0.717, 1.165) is 15.8 Å². The minimum Gasteiger partial charge on any atom is -0.497 e. The number of benzene rings is 2. The van der Waals surface area contributed by atoms with Crippen LogP contribution in [-0.4, -0.2) is 55.6 Å². The van der Waals surface area contributed by atoms with Gasteiger partial charge in [0, 0.05) is 30.7 Å². The van der Waals surface area contributed by atoms with Crippen LogP contribution in [0.1, 0.15) is 11.6 Å². The summed E-state index contributed by atoms with van der Waals surface area (Å²) in [7, 11) is 1.62. The van der Waals surface area contributed by atoms with Crippen molar-refractivity contribution in [2.45, 2.75) is 6.04 Å². The van der Waals surface area contributed by atoms with Crippen LogP contribution < -0.4 is 9.47 Å². The van der Waals surface area contributed by atoms with Gasteiger partial charge in [-0.05, 0) is 42.0 Å². The molecule has 7 heteroatoms. The van der Waals surface area contributed by atoms with Crippen LogP contribution in [0.5, 0.6) is 11.5 Å². The Morgan fingerprint density at radius 2 is 1.68 bits per heavy atom. The van der Waals surface area contributed by atoms with Crippen LogP contribution in [0.3, 0.4) is 0 Å². The lowest BCUT2D eigenvalue weighted by Crippen LogP contribution is -2.50. The van der Waals surface area contributed by atoms with Gasteiger partial charge in [0.25, 0.3) is 5.91 Å². The third-order valence-corrected chi connectivity index (χ3v) is 5.29. The smallest absolute Gasteiger partial charge is 0.260 e. The van der Waals surface area contributed by atoms with Crippen molar-refractivity contribution >= 4 is 21.8 Å². The number of piperazine rings is 1. The lowest BCUT2D eigenvalue weighted by Gasteiger charge is -2.37. The summed E-state index contributed by atoms with van der Waals surface area (Å²) in [6.07, 6.45) is 0. The van der Waals surface area contributed by atoms with Gasteiger partial charge in [-0.25, -0.2) is 0 Å². The van der Waals surface area contributed by atoms with Crippen LogP contribution in [0.15, 0.2) is 53.0 Å². The van der Waals surface area contributed by atoms with E-state index in [4.69, 9.17) is 9.47 Å². The molecule has 2 aromatic rings. The highest BCUT2D eigenvalue weighted by atomic mass is 79.9. The van der Waals surface area contributed by atoms with Gasteiger partial charge in [-0.1, -0.05) is 28.1 Å². The van der Waals surface area contributed by atoms with E-state index >= 15 is 0 Å². The van der Waals surface area contributed by atoms with Crippen LogP contribution in [0.25, 0.3) is 0 Å². The van der Waals surface area contributed by atoms with Crippen molar-refractivity contribution < 1.29 is 14.3 Å². The first-order chi connectivity index (χ1) is 13.6. The maximum atomic E-state index is 12.4. The average Bonchev–Trinajstić information content (AvgIpc) is 2.74. The summed E-state index contributed by atoms with van der Waals surface area (Å²) in [5.74, 6) is 1.39. The Balaban J connectivity index is 1.51. The molecule has 2 aromatic carbocycles. The summed E-state index contributed by atoms with van der Waals surface area (Å²) in [4.78, 5) is 16.3. The van der Waals surface area contributed by atoms with Gasteiger partial charge in [0.2, 0.25) is 0 Å². The lowest BCUT2D eigenvalue weighted by atomic mass is 10.1. The molecule has 0 aliphatic carbocycles. The Labute approximate surface area is 173 Å². The molecule has 1 aliphatic rings. The number of ether oxygens (including phenoxy) is 2. The first-order valence-corrected chi connectivity index (χ1v) is 9.84. The Kier molecular flexibility index (Phi) is 6.90. The largest absolute Gasteiger partial charge is 0.497 e. The molecule has 0 bridgehead atoms. The number of nitrogens with zero attached hydrogens (tertiary/aromatic N) is 3. The Hall–Kier alpha value is -2.56. The predicted molar refractivity (Wildman–Crippen MR) is 109 cm³/mol. The van der Waals surface area contributed by atoms with Gasteiger partial charge in [-0.3, -0.25) is 9.69 Å². The predicted octanol–water partition coefficient (Wildman–Crippen LogP) is 3.25. The van der Waals surface area contributed by atoms with Crippen molar-refractivity contribution in [2.24, 2.45) is 0 Å². The number of rotatable bonds is 6. The molecule has 3 rings (SSSR count). The number of hydrogen-bond donors (Lipinski definition) is 0. The molecule has 0 radical (unpaired) electrons. The zero-order valence-electron chi connectivity index (χ0n) is 15.7. The molecule has 1 heterocycles. The topological polar surface area (TPSA) is 65.8 Å². The molecule has 1 saturated heterocycles. The number of nitriles is 1. The van der Waals surface area contributed by atoms with Crippen LogP contribution in [0.2, 0.25) is 0 Å². The molecule has 1 unspecified atom stereocenters. The van der Waals surface area contributed by atoms with Gasteiger partial charge in [0.1, 0.15) is 17.5 Å². The van der Waals surface area contributed by atoms with Crippen molar-refractivity contribution in [3.05, 3.63) is 58.6 Å². The van der Waals surface area contributed by atoms with Gasteiger partial charge in [0.15, 0.2) is 6.61 Å². The first kappa shape index (κ1) is 20.2. The summed E-state index contributed by atoms with van der Waals surface area (Å²) >= 11 is 3.37. The van der Waals surface area contributed by atoms with Crippen LogP contribution >= 0.6 is 15.9 Å². The highest BCUT2D eigenvalue weighted by Crippen LogP contribution is 2.24. The highest BCUT2D eigenvalue weighted by Gasteiger charge is 2.27. The van der Waals surface area contributed by atoms with Crippen molar-refractivity contribution in [3.63, 3.8) is 0 Å². The Morgan fingerprint density at radius 3 is 2.25 bits per heavy atom. The second-order valence-corrected chi connectivity index (χ2v) is 7.38. The van der Waals surface area contributed by atoms with E-state index in [1.54, 1.807) is 12.0 Å². The van der Waals surface area contributed by atoms with Crippen molar-refractivity contribution in [3.8, 4) is 17.6 Å². The maximum Gasteiger partial charge on any atom is 0.260 e. The fourth-order valence-electron chi connectivity index (χ4n) is 3.15. The standard InChI is InChI=1S/C21H22BrN3O3/c1-27-18-6-2-16(3-7-18)20(14-23)24-10-12-25(13-11-24)21(26)15-28-19-8-4-17(22)5-9-19/h2-9,20H,10-13,15H2,1H3. The van der Waals surface area contributed by atoms with Gasteiger partial charge in [0.05, 0.1) is 13.2 Å². The first-order valence-electron chi connectivity index (χ1n) is 9.04. The lowest BCUT2D eigenvalue weighted by molar-refractivity contribution is -0.135. The molecule has 146 valence electrons. The molecule has 1 fully saturated rings. The van der Waals surface area contributed by atoms with E-state index in [1.807, 2.05) is 48.5 Å². The van der Waals surface area contributed by atoms with E-state index in [9.17, 15) is 10.1 Å². The maximum absolute atomic E-state index is 12.4. The molecule has 0 spiro atoms. The second-order valence-electron chi connectivity index (χ2n) is 6.46. The molecule has 0 saturated carbocycles. The minimum atomic E-state index is -0.331. The Morgan fingerprint density at radius 1 is 1.07 bits per heavy atom. The highest BCUT2D eigenvalue weighted by molar-refractivity contribution is 9.10. The molecular weight excluding hydrogens is 422 g/mol. The molecule has 1 aliphatic heterocycles. The second kappa shape index (κ2) is 9.58. The van der Waals surface area contributed by atoms with Crippen LogP contribution in [0, 0.1) is 11.3 Å². The van der Waals surface area contributed by atoms with Crippen molar-refractivity contribution in [1.29, 1.82) is 5.26 Å². The van der Waals surface area contributed by atoms with E-state index < -0.39 is 0 Å². The zero-order valence-corrected chi connectivity index (χ0v) is 17.3. The summed E-state index contributed by atoms with van der Waals surface area (Å²) in [5.41, 5.74) is 0.932. The quantitative estimate of drug-likeness (QED) is 0.685. The van der Waals surface area contributed by atoms with E-state index in [2.05, 4.69) is 26.9 Å². The summed E-state index contributed by atoms with van der Waals surface area (Å²) in [6.45, 7) is 2.47. The van der Waals surface area contributed by atoms with Gasteiger partial charge >= 0.3 is 0 Å². The van der Waals surface area contributed by atoms with Gasteiger partial charge in [-0.2, -0.15) is 5.26 Å². The average molecular weight is 444 g/mol. The third-order valence-electron chi connectivity index (χ3n) is 4.76. The summed E-state index contributed by atoms with van der Waals surface area (Å²) < 4.78 is 11.7. The molecule has 28 heavy (non-hydrogen) atoms. The molecule has 1 atom stereocenters. The minimum absolute atomic E-state index is 0.0157. The third kappa shape index (κ3) is 5.03. The van der Waals surface area contributed by atoms with Gasteiger partial charge in [-0.15, -0.1) is 0 Å². The SMILES string of the molecule is COc1ccc(C(C#N)N2CCN(C(=O)COc3ccc(Br)cc3)CC2)cc1. The number of carbonyl (C=O) groups is 1. The van der Waals surface area contributed by atoms with Crippen molar-refractivity contribution in [1.82, 2.24) is 9.80 Å². The van der Waals surface area contributed by atoms with Crippen LogP contribution in [0.4, 0.5) is 0 Å². The van der Waals surface area contributed by atoms with E-state index in [-0.39, 0.29) is 18.6 Å². The number of methoxy groups -OCH3 is 1. The van der Waals surface area contributed by atoms with Crippen LogP contribution in [-0.2, 0) is 4.79 Å². The number of hydrogen-bond acceptors (Lipinski definition) is 5. The molecule has 0 aromatic heterocycles.